The van der Waals surface area contributed by atoms with E-state index in [1.165, 1.54) is 0 Å². The molecular weight excluding hydrogens is 326 g/mol. The largest absolute Gasteiger partial charge is 0.386 e. The molecule has 0 amide bonds. The first-order chi connectivity index (χ1) is 12.1. The summed E-state index contributed by atoms with van der Waals surface area (Å²) >= 11 is 0. The third-order valence-corrected chi connectivity index (χ3v) is 6.64. The maximum atomic E-state index is 12.6. The Bertz CT molecular complexity index is 962. The summed E-state index contributed by atoms with van der Waals surface area (Å²) in [6.07, 6.45) is 0. The van der Waals surface area contributed by atoms with Crippen LogP contribution in [0.5, 0.6) is 0 Å². The number of hydrogen-bond donors (Lipinski definition) is 0. The molecule has 0 spiro atoms. The first-order valence-corrected chi connectivity index (χ1v) is 8.90. The van der Waals surface area contributed by atoms with Crippen molar-refractivity contribution in [3.05, 3.63) is 63.9 Å². The van der Waals surface area contributed by atoms with Crippen LogP contribution in [0.4, 0.5) is 5.69 Å². The highest BCUT2D eigenvalue weighted by Gasteiger charge is 2.62. The molecule has 2 aliphatic heterocycles. The lowest BCUT2D eigenvalue weighted by Crippen LogP contribution is -2.57. The molecule has 26 heavy (non-hydrogen) atoms. The number of nitrogens with zero attached hydrogens (tertiary/aromatic N) is 1. The molecular formula is C22H23NO3. The van der Waals surface area contributed by atoms with Crippen molar-refractivity contribution in [2.24, 2.45) is 5.41 Å². The molecule has 2 heterocycles. The van der Waals surface area contributed by atoms with Crippen LogP contribution in [0.2, 0.25) is 0 Å². The Hall–Kier alpha value is -2.62. The van der Waals surface area contributed by atoms with E-state index in [0.29, 0.717) is 11.1 Å². The second kappa shape index (κ2) is 4.97. The number of anilines is 1. The second-order valence-corrected chi connectivity index (χ2v) is 8.01. The number of para-hydroxylation sites is 1. The zero-order valence-electron chi connectivity index (χ0n) is 16.1. The van der Waals surface area contributed by atoms with Crippen molar-refractivity contribution in [2.75, 3.05) is 4.90 Å². The Morgan fingerprint density at radius 2 is 1.46 bits per heavy atom. The molecule has 134 valence electrons. The molecule has 4 heteroatoms. The molecule has 0 fully saturated rings. The predicted molar refractivity (Wildman–Crippen MR) is 100 cm³/mol. The van der Waals surface area contributed by atoms with Crippen LogP contribution in [0.1, 0.15) is 41.5 Å². The van der Waals surface area contributed by atoms with Crippen molar-refractivity contribution in [1.82, 2.24) is 0 Å². The number of esters is 2. The third-order valence-electron chi connectivity index (χ3n) is 6.64. The second-order valence-electron chi connectivity index (χ2n) is 8.01. The molecule has 1 aliphatic carbocycles. The summed E-state index contributed by atoms with van der Waals surface area (Å²) in [7, 11) is 0. The quantitative estimate of drug-likeness (QED) is 0.560. The van der Waals surface area contributed by atoms with Crippen molar-refractivity contribution < 1.29 is 14.3 Å². The van der Waals surface area contributed by atoms with Crippen LogP contribution in [0, 0.1) is 5.41 Å². The standard InChI is InChI=1S/C22H23NO3/c1-12-14(3)23(15-10-8-7-9-11-15)22(6)17(12)13(2)16-18(21(22,4)5)20(25)26-19(16)24/h7-11H,1-6H3. The summed E-state index contributed by atoms with van der Waals surface area (Å²) in [6, 6.07) is 10.2. The Labute approximate surface area is 153 Å². The smallest absolute Gasteiger partial charge is 0.346 e. The van der Waals surface area contributed by atoms with Gasteiger partial charge in [0.2, 0.25) is 0 Å². The number of carbonyl (C=O) groups excluding carboxylic acids is 2. The van der Waals surface area contributed by atoms with E-state index in [4.69, 9.17) is 4.74 Å². The van der Waals surface area contributed by atoms with Gasteiger partial charge in [0.15, 0.2) is 0 Å². The monoisotopic (exact) mass is 349 g/mol. The van der Waals surface area contributed by atoms with Gasteiger partial charge in [0, 0.05) is 16.8 Å². The summed E-state index contributed by atoms with van der Waals surface area (Å²) in [4.78, 5) is 27.3. The normalized spacial score (nSPS) is 27.2. The van der Waals surface area contributed by atoms with Gasteiger partial charge in [0.1, 0.15) is 0 Å². The third kappa shape index (κ3) is 1.70. The zero-order valence-corrected chi connectivity index (χ0v) is 16.1. The highest BCUT2D eigenvalue weighted by Crippen LogP contribution is 2.61. The number of ether oxygens (including phenoxy) is 1. The van der Waals surface area contributed by atoms with Crippen LogP contribution in [0.15, 0.2) is 63.9 Å². The molecule has 1 atom stereocenters. The molecule has 3 aliphatic rings. The predicted octanol–water partition coefficient (Wildman–Crippen LogP) is 4.30. The molecule has 1 unspecified atom stereocenters. The van der Waals surface area contributed by atoms with Gasteiger partial charge in [-0.15, -0.1) is 0 Å². The summed E-state index contributed by atoms with van der Waals surface area (Å²) in [5.41, 5.74) is 5.20. The van der Waals surface area contributed by atoms with E-state index < -0.39 is 22.9 Å². The van der Waals surface area contributed by atoms with Crippen molar-refractivity contribution in [1.29, 1.82) is 0 Å². The van der Waals surface area contributed by atoms with E-state index in [0.717, 1.165) is 28.1 Å². The molecule has 0 N–H and O–H groups in total. The van der Waals surface area contributed by atoms with Crippen LogP contribution in [-0.4, -0.2) is 17.5 Å². The lowest BCUT2D eigenvalue weighted by Gasteiger charge is -2.52. The van der Waals surface area contributed by atoms with Gasteiger partial charge in [-0.25, -0.2) is 9.59 Å². The number of fused-ring (bicyclic) bond motifs is 1. The lowest BCUT2D eigenvalue weighted by atomic mass is 9.58. The molecule has 4 rings (SSSR count). The average Bonchev–Trinajstić information content (AvgIpc) is 2.99. The van der Waals surface area contributed by atoms with Crippen molar-refractivity contribution >= 4 is 17.6 Å². The molecule has 4 nitrogen and oxygen atoms in total. The van der Waals surface area contributed by atoms with Crippen LogP contribution in [-0.2, 0) is 14.3 Å². The van der Waals surface area contributed by atoms with Crippen molar-refractivity contribution in [3.8, 4) is 0 Å². The summed E-state index contributed by atoms with van der Waals surface area (Å²) < 4.78 is 5.01. The number of carbonyl (C=O) groups is 2. The minimum atomic E-state index is -0.602. The summed E-state index contributed by atoms with van der Waals surface area (Å²) in [6.45, 7) is 12.4. The van der Waals surface area contributed by atoms with Gasteiger partial charge in [0.25, 0.3) is 0 Å². The van der Waals surface area contributed by atoms with E-state index in [2.05, 4.69) is 37.8 Å². The molecule has 1 aromatic carbocycles. The molecule has 0 saturated carbocycles. The Morgan fingerprint density at radius 1 is 0.846 bits per heavy atom. The first-order valence-electron chi connectivity index (χ1n) is 8.90. The SMILES string of the molecule is CC1=C(C)N(c2ccccc2)C2(C)C1=C(C)C1=C(C(=O)OC1=O)C2(C)C. The zero-order chi connectivity index (χ0) is 19.0. The molecule has 0 saturated heterocycles. The van der Waals surface area contributed by atoms with Gasteiger partial charge in [-0.1, -0.05) is 32.0 Å². The maximum Gasteiger partial charge on any atom is 0.346 e. The fraction of sp³-hybridized carbons (Fsp3) is 0.364. The van der Waals surface area contributed by atoms with E-state index in [1.807, 2.05) is 39.0 Å². The van der Waals surface area contributed by atoms with Crippen LogP contribution in [0.25, 0.3) is 0 Å². The van der Waals surface area contributed by atoms with Gasteiger partial charge in [-0.2, -0.15) is 0 Å². The Balaban J connectivity index is 2.08. The van der Waals surface area contributed by atoms with Gasteiger partial charge >= 0.3 is 11.9 Å². The summed E-state index contributed by atoms with van der Waals surface area (Å²) in [5.74, 6) is -1.03. The number of hydrogen-bond acceptors (Lipinski definition) is 4. The lowest BCUT2D eigenvalue weighted by molar-refractivity contribution is -0.151. The minimum Gasteiger partial charge on any atom is -0.386 e. The molecule has 0 radical (unpaired) electrons. The van der Waals surface area contributed by atoms with Gasteiger partial charge in [-0.05, 0) is 56.5 Å². The first kappa shape index (κ1) is 16.8. The van der Waals surface area contributed by atoms with Crippen LogP contribution in [0.3, 0.4) is 0 Å². The molecule has 1 aromatic rings. The number of allylic oxidation sites excluding steroid dienone is 1. The average molecular weight is 349 g/mol. The molecule has 0 aromatic heterocycles. The number of rotatable bonds is 1. The maximum absolute atomic E-state index is 12.6. The topological polar surface area (TPSA) is 46.6 Å². The van der Waals surface area contributed by atoms with Gasteiger partial charge < -0.3 is 9.64 Å². The minimum absolute atomic E-state index is 0.453. The van der Waals surface area contributed by atoms with Crippen LogP contribution >= 0.6 is 0 Å². The Morgan fingerprint density at radius 3 is 2.08 bits per heavy atom. The van der Waals surface area contributed by atoms with Gasteiger partial charge in [-0.3, -0.25) is 0 Å². The number of benzene rings is 1. The van der Waals surface area contributed by atoms with Crippen molar-refractivity contribution in [3.63, 3.8) is 0 Å². The Kier molecular flexibility index (Phi) is 3.22. The van der Waals surface area contributed by atoms with E-state index in [1.54, 1.807) is 0 Å². The highest BCUT2D eigenvalue weighted by atomic mass is 16.6. The number of cyclic esters (lactones) is 2. The van der Waals surface area contributed by atoms with E-state index >= 15 is 0 Å². The van der Waals surface area contributed by atoms with E-state index in [9.17, 15) is 9.59 Å². The van der Waals surface area contributed by atoms with Gasteiger partial charge in [0.05, 0.1) is 16.7 Å². The fourth-order valence-electron chi connectivity index (χ4n) is 5.10. The highest BCUT2D eigenvalue weighted by molar-refractivity contribution is 6.16. The molecule has 0 bridgehead atoms. The van der Waals surface area contributed by atoms with Crippen molar-refractivity contribution in [2.45, 2.75) is 47.1 Å². The fourth-order valence-corrected chi connectivity index (χ4v) is 5.10. The van der Waals surface area contributed by atoms with E-state index in [-0.39, 0.29) is 0 Å². The summed E-state index contributed by atoms with van der Waals surface area (Å²) in [5, 5.41) is 0. The van der Waals surface area contributed by atoms with Crippen LogP contribution < -0.4 is 4.90 Å².